The van der Waals surface area contributed by atoms with Gasteiger partial charge < -0.3 is 9.29 Å². The number of hydrogen-bond acceptors (Lipinski definition) is 4. The van der Waals surface area contributed by atoms with Gasteiger partial charge >= 0.3 is 10.1 Å². The Kier molecular flexibility index (Phi) is 7.36. The standard InChI is InChI=1S/C35H36O4S/c1-21(2)26-19-29(22(3)4)35(30(20-26)23(5)6)40(37,38)39-32-18-16-25-12-8-10-14-28(25)34(32)33-27-13-9-7-11-24(27)15-17-31(33)36/h7-23,36H,1-6H3. The fourth-order valence-electron chi connectivity index (χ4n) is 5.44. The van der Waals surface area contributed by atoms with Gasteiger partial charge in [0.1, 0.15) is 10.6 Å². The Morgan fingerprint density at radius 3 is 1.65 bits per heavy atom. The number of hydrogen-bond donors (Lipinski definition) is 1. The Hall–Kier alpha value is -3.83. The van der Waals surface area contributed by atoms with E-state index in [1.807, 2.05) is 100 Å². The zero-order valence-corrected chi connectivity index (χ0v) is 24.7. The first kappa shape index (κ1) is 27.7. The van der Waals surface area contributed by atoms with E-state index in [0.29, 0.717) is 11.1 Å². The van der Waals surface area contributed by atoms with Crippen molar-refractivity contribution in [3.63, 3.8) is 0 Å². The molecule has 0 atom stereocenters. The van der Waals surface area contributed by atoms with Crippen LogP contribution in [0, 0.1) is 0 Å². The monoisotopic (exact) mass is 552 g/mol. The summed E-state index contributed by atoms with van der Waals surface area (Å²) in [4.78, 5) is 0.239. The van der Waals surface area contributed by atoms with Crippen LogP contribution in [0.5, 0.6) is 11.5 Å². The van der Waals surface area contributed by atoms with Gasteiger partial charge in [0.25, 0.3) is 0 Å². The third kappa shape index (κ3) is 4.95. The van der Waals surface area contributed by atoms with Crippen molar-refractivity contribution < 1.29 is 17.7 Å². The summed E-state index contributed by atoms with van der Waals surface area (Å²) < 4.78 is 34.8. The molecule has 0 fully saturated rings. The van der Waals surface area contributed by atoms with Crippen molar-refractivity contribution in [2.24, 2.45) is 0 Å². The Labute approximate surface area is 237 Å². The first-order chi connectivity index (χ1) is 19.0. The van der Waals surface area contributed by atoms with Crippen molar-refractivity contribution in [1.29, 1.82) is 0 Å². The van der Waals surface area contributed by atoms with Gasteiger partial charge in [-0.15, -0.1) is 0 Å². The molecule has 0 heterocycles. The van der Waals surface area contributed by atoms with Gasteiger partial charge in [-0.05, 0) is 68.1 Å². The molecule has 0 aliphatic carbocycles. The van der Waals surface area contributed by atoms with E-state index in [2.05, 4.69) is 13.8 Å². The molecule has 0 bridgehead atoms. The highest BCUT2D eigenvalue weighted by atomic mass is 32.2. The van der Waals surface area contributed by atoms with E-state index in [1.54, 1.807) is 12.1 Å². The smallest absolute Gasteiger partial charge is 0.339 e. The fourth-order valence-corrected chi connectivity index (χ4v) is 7.06. The van der Waals surface area contributed by atoms with Crippen LogP contribution in [-0.4, -0.2) is 13.5 Å². The van der Waals surface area contributed by atoms with E-state index in [1.165, 1.54) is 0 Å². The minimum absolute atomic E-state index is 0.0252. The molecule has 0 aliphatic heterocycles. The number of fused-ring (bicyclic) bond motifs is 2. The van der Waals surface area contributed by atoms with Gasteiger partial charge in [0.2, 0.25) is 0 Å². The van der Waals surface area contributed by atoms with Gasteiger partial charge in [0.05, 0.1) is 0 Å². The highest BCUT2D eigenvalue weighted by Gasteiger charge is 2.30. The SMILES string of the molecule is CC(C)c1cc(C(C)C)c(S(=O)(=O)Oc2ccc3ccccc3c2-c2c(O)ccc3ccccc23)c(C(C)C)c1. The lowest BCUT2D eigenvalue weighted by atomic mass is 9.89. The highest BCUT2D eigenvalue weighted by molar-refractivity contribution is 7.87. The zero-order valence-electron chi connectivity index (χ0n) is 23.9. The van der Waals surface area contributed by atoms with Gasteiger partial charge in [-0.3, -0.25) is 0 Å². The predicted octanol–water partition coefficient (Wildman–Crippen LogP) is 9.50. The lowest BCUT2D eigenvalue weighted by Crippen LogP contribution is -2.17. The van der Waals surface area contributed by atoms with E-state index in [0.717, 1.165) is 38.2 Å². The van der Waals surface area contributed by atoms with Crippen LogP contribution in [0.15, 0.2) is 89.8 Å². The Balaban J connectivity index is 1.80. The van der Waals surface area contributed by atoms with E-state index < -0.39 is 10.1 Å². The normalized spacial score (nSPS) is 12.2. The van der Waals surface area contributed by atoms with Crippen LogP contribution in [0.1, 0.15) is 76.0 Å². The third-order valence-electron chi connectivity index (χ3n) is 7.58. The summed E-state index contributed by atoms with van der Waals surface area (Å²) in [5, 5.41) is 14.6. The molecule has 5 rings (SSSR count). The molecule has 5 aromatic carbocycles. The average Bonchev–Trinajstić information content (AvgIpc) is 2.92. The lowest BCUT2D eigenvalue weighted by Gasteiger charge is -2.23. The second kappa shape index (κ2) is 10.6. The molecule has 0 saturated heterocycles. The summed E-state index contributed by atoms with van der Waals surface area (Å²) in [5.41, 5.74) is 3.71. The lowest BCUT2D eigenvalue weighted by molar-refractivity contribution is 0.474. The molecule has 5 aromatic rings. The zero-order chi connectivity index (χ0) is 28.8. The summed E-state index contributed by atoms with van der Waals surface area (Å²) in [5.74, 6) is 0.451. The minimum atomic E-state index is -4.25. The molecule has 0 saturated carbocycles. The average molecular weight is 553 g/mol. The van der Waals surface area contributed by atoms with Gasteiger partial charge in [-0.2, -0.15) is 8.42 Å². The molecular formula is C35H36O4S. The maximum atomic E-state index is 14.3. The number of rotatable bonds is 7. The van der Waals surface area contributed by atoms with E-state index in [4.69, 9.17) is 4.18 Å². The summed E-state index contributed by atoms with van der Waals surface area (Å²) in [6.07, 6.45) is 0. The van der Waals surface area contributed by atoms with Crippen molar-refractivity contribution in [1.82, 2.24) is 0 Å². The van der Waals surface area contributed by atoms with Crippen molar-refractivity contribution in [2.75, 3.05) is 0 Å². The maximum Gasteiger partial charge on any atom is 0.339 e. The summed E-state index contributed by atoms with van der Waals surface area (Å²) in [6, 6.07) is 26.6. The number of phenols is 1. The molecule has 0 aliphatic rings. The van der Waals surface area contributed by atoms with Crippen LogP contribution >= 0.6 is 0 Å². The predicted molar refractivity (Wildman–Crippen MR) is 165 cm³/mol. The van der Waals surface area contributed by atoms with Crippen LogP contribution in [0.4, 0.5) is 0 Å². The molecule has 0 unspecified atom stereocenters. The molecule has 206 valence electrons. The second-order valence-corrected chi connectivity index (χ2v) is 12.9. The first-order valence-corrected chi connectivity index (χ1v) is 15.3. The van der Waals surface area contributed by atoms with Crippen LogP contribution in [0.2, 0.25) is 0 Å². The fraction of sp³-hybridized carbons (Fsp3) is 0.257. The quantitative estimate of drug-likeness (QED) is 0.204. The van der Waals surface area contributed by atoms with Crippen molar-refractivity contribution in [2.45, 2.75) is 64.2 Å². The first-order valence-electron chi connectivity index (χ1n) is 13.8. The third-order valence-corrected chi connectivity index (χ3v) is 8.95. The van der Waals surface area contributed by atoms with Gasteiger partial charge in [0, 0.05) is 11.1 Å². The van der Waals surface area contributed by atoms with E-state index in [9.17, 15) is 13.5 Å². The number of benzene rings is 5. The van der Waals surface area contributed by atoms with Crippen LogP contribution in [0.3, 0.4) is 0 Å². The van der Waals surface area contributed by atoms with E-state index >= 15 is 0 Å². The maximum absolute atomic E-state index is 14.3. The molecule has 1 N–H and O–H groups in total. The van der Waals surface area contributed by atoms with Crippen molar-refractivity contribution in [3.8, 4) is 22.6 Å². The van der Waals surface area contributed by atoms with Gasteiger partial charge in [-0.25, -0.2) is 0 Å². The summed E-state index contributed by atoms with van der Waals surface area (Å²) in [6.45, 7) is 12.3. The molecule has 0 aromatic heterocycles. The van der Waals surface area contributed by atoms with Crippen molar-refractivity contribution in [3.05, 3.63) is 102 Å². The summed E-state index contributed by atoms with van der Waals surface area (Å²) in [7, 11) is -4.25. The van der Waals surface area contributed by atoms with Gasteiger partial charge in [-0.1, -0.05) is 114 Å². The molecule has 0 spiro atoms. The van der Waals surface area contributed by atoms with Crippen molar-refractivity contribution >= 4 is 31.7 Å². The number of aromatic hydroxyl groups is 1. The van der Waals surface area contributed by atoms with Crippen LogP contribution in [-0.2, 0) is 10.1 Å². The Morgan fingerprint density at radius 1 is 0.625 bits per heavy atom. The van der Waals surface area contributed by atoms with E-state index in [-0.39, 0.29) is 34.1 Å². The van der Waals surface area contributed by atoms with Gasteiger partial charge in [0.15, 0.2) is 5.75 Å². The number of phenolic OH excluding ortho intramolecular Hbond substituents is 1. The molecule has 0 radical (unpaired) electrons. The molecular weight excluding hydrogens is 516 g/mol. The summed E-state index contributed by atoms with van der Waals surface area (Å²) >= 11 is 0. The largest absolute Gasteiger partial charge is 0.507 e. The molecule has 40 heavy (non-hydrogen) atoms. The Bertz CT molecular complexity index is 1800. The Morgan fingerprint density at radius 2 is 1.12 bits per heavy atom. The van der Waals surface area contributed by atoms with Crippen LogP contribution < -0.4 is 4.18 Å². The molecule has 5 heteroatoms. The second-order valence-electron chi connectivity index (χ2n) is 11.4. The minimum Gasteiger partial charge on any atom is -0.507 e. The molecule has 4 nitrogen and oxygen atoms in total. The topological polar surface area (TPSA) is 63.6 Å². The van der Waals surface area contributed by atoms with Crippen LogP contribution in [0.25, 0.3) is 32.7 Å². The highest BCUT2D eigenvalue weighted by Crippen LogP contribution is 2.46. The molecule has 0 amide bonds.